The molecule has 0 aromatic heterocycles. The second-order valence-corrected chi connectivity index (χ2v) is 7.04. The average molecular weight is 392 g/mol. The van der Waals surface area contributed by atoms with E-state index >= 15 is 0 Å². The number of hydrogen-bond donors (Lipinski definition) is 8. The summed E-state index contributed by atoms with van der Waals surface area (Å²) in [7, 11) is -5.12. The van der Waals surface area contributed by atoms with Crippen LogP contribution in [-0.2, 0) is 23.1 Å². The minimum atomic E-state index is -5.12. The van der Waals surface area contributed by atoms with Gasteiger partial charge in [0, 0.05) is 0 Å². The lowest BCUT2D eigenvalue weighted by atomic mass is 10.1. The van der Waals surface area contributed by atoms with Gasteiger partial charge in [0.1, 0.15) is 36.6 Å². The van der Waals surface area contributed by atoms with Gasteiger partial charge in [-0.25, -0.2) is 4.57 Å². The first kappa shape index (κ1) is 21.1. The third-order valence-electron chi connectivity index (χ3n) is 3.86. The molecule has 1 unspecified atom stereocenters. The van der Waals surface area contributed by atoms with Crippen molar-refractivity contribution in [3.8, 4) is 0 Å². The first-order valence-electron chi connectivity index (χ1n) is 7.20. The molecule has 0 bridgehead atoms. The van der Waals surface area contributed by atoms with Crippen molar-refractivity contribution < 1.29 is 63.7 Å². The summed E-state index contributed by atoms with van der Waals surface area (Å²) >= 11 is 0. The van der Waals surface area contributed by atoms with E-state index in [0.29, 0.717) is 0 Å². The highest BCUT2D eigenvalue weighted by Gasteiger charge is 2.56. The maximum atomic E-state index is 12.1. The zero-order valence-corrected chi connectivity index (χ0v) is 13.6. The number of aliphatic hydroxyl groups excluding tert-OH is 6. The molecule has 2 heterocycles. The summed E-state index contributed by atoms with van der Waals surface area (Å²) in [6.07, 6.45) is -12.3. The van der Waals surface area contributed by atoms with Gasteiger partial charge in [-0.05, 0) is 0 Å². The van der Waals surface area contributed by atoms with Gasteiger partial charge in [0.05, 0.1) is 19.8 Å². The van der Waals surface area contributed by atoms with Gasteiger partial charge in [-0.15, -0.1) is 0 Å². The summed E-state index contributed by atoms with van der Waals surface area (Å²) in [6, 6.07) is 0. The Hall–Kier alpha value is -0.250. The molecular formula is C11H21O13P. The Morgan fingerprint density at radius 2 is 1.72 bits per heavy atom. The Kier molecular flexibility index (Phi) is 6.55. The molecule has 2 saturated heterocycles. The number of aliphatic hydroxyl groups is 7. The number of phosphoric ester groups is 1. The van der Waals surface area contributed by atoms with Crippen molar-refractivity contribution >= 4 is 7.82 Å². The third kappa shape index (κ3) is 4.36. The monoisotopic (exact) mass is 392 g/mol. The molecule has 0 aliphatic carbocycles. The molecule has 148 valence electrons. The van der Waals surface area contributed by atoms with Crippen molar-refractivity contribution in [2.45, 2.75) is 48.7 Å². The molecular weight excluding hydrogens is 371 g/mol. The second-order valence-electron chi connectivity index (χ2n) is 5.68. The van der Waals surface area contributed by atoms with Gasteiger partial charge in [0.25, 0.3) is 0 Å². The number of ether oxygens (including phenoxy) is 2. The summed E-state index contributed by atoms with van der Waals surface area (Å²) in [5.41, 5.74) is 0. The Morgan fingerprint density at radius 1 is 1.12 bits per heavy atom. The van der Waals surface area contributed by atoms with E-state index < -0.39 is 76.3 Å². The normalized spacial score (nSPS) is 47.6. The van der Waals surface area contributed by atoms with Gasteiger partial charge in [-0.2, -0.15) is 0 Å². The predicted octanol–water partition coefficient (Wildman–Crippen LogP) is -4.64. The van der Waals surface area contributed by atoms with Crippen LogP contribution in [0, 0.1) is 0 Å². The lowest BCUT2D eigenvalue weighted by molar-refractivity contribution is -0.249. The van der Waals surface area contributed by atoms with E-state index in [9.17, 15) is 35.0 Å². The quantitative estimate of drug-likeness (QED) is 0.200. The van der Waals surface area contributed by atoms with Crippen molar-refractivity contribution in [3.63, 3.8) is 0 Å². The molecule has 8 N–H and O–H groups in total. The minimum Gasteiger partial charge on any atom is -0.394 e. The smallest absolute Gasteiger partial charge is 0.394 e. The Morgan fingerprint density at radius 3 is 2.28 bits per heavy atom. The van der Waals surface area contributed by atoms with Crippen LogP contribution in [0.2, 0.25) is 0 Å². The van der Waals surface area contributed by atoms with E-state index in [0.717, 1.165) is 0 Å². The number of hydrogen-bond acceptors (Lipinski definition) is 12. The van der Waals surface area contributed by atoms with Crippen LogP contribution in [0.3, 0.4) is 0 Å². The summed E-state index contributed by atoms with van der Waals surface area (Å²) < 4.78 is 30.8. The molecule has 2 fully saturated rings. The third-order valence-corrected chi connectivity index (χ3v) is 4.88. The number of phosphoric acid groups is 1. The summed E-state index contributed by atoms with van der Waals surface area (Å²) in [5.74, 6) is -2.54. The number of rotatable bonds is 6. The van der Waals surface area contributed by atoms with Crippen LogP contribution in [-0.4, -0.2) is 109 Å². The standard InChI is InChI=1S/C11H21O13P/c12-1-5-7(9(16)11(18,3-13)22-5)23-25(19,20)24-8-6(15)4(14)2-21-10(8)17/h4-10,12-18H,1-3H2,(H,19,20)/t4-,5+,6+,7-,8-,9-,10+,11+/m0/s1. The SMILES string of the molecule is O=P(O)(O[C@H]1[C@H](O)[C@@H](O)CO[C@H]1O)O[C@H]1[C@@H](CO)O[C@](O)(CO)[C@H]1O. The van der Waals surface area contributed by atoms with Crippen LogP contribution in [0.4, 0.5) is 0 Å². The van der Waals surface area contributed by atoms with E-state index in [2.05, 4.69) is 13.8 Å². The van der Waals surface area contributed by atoms with E-state index in [-0.39, 0.29) is 0 Å². The predicted molar refractivity (Wildman–Crippen MR) is 73.5 cm³/mol. The van der Waals surface area contributed by atoms with Crippen molar-refractivity contribution in [2.75, 3.05) is 19.8 Å². The fraction of sp³-hybridized carbons (Fsp3) is 1.00. The molecule has 2 rings (SSSR count). The zero-order valence-electron chi connectivity index (χ0n) is 12.7. The summed E-state index contributed by atoms with van der Waals surface area (Å²) in [6.45, 7) is -2.38. The molecule has 0 radical (unpaired) electrons. The Balaban J connectivity index is 2.10. The maximum absolute atomic E-state index is 12.1. The van der Waals surface area contributed by atoms with Gasteiger partial charge >= 0.3 is 7.82 Å². The van der Waals surface area contributed by atoms with Crippen molar-refractivity contribution in [2.24, 2.45) is 0 Å². The first-order valence-corrected chi connectivity index (χ1v) is 8.69. The molecule has 0 saturated carbocycles. The zero-order chi connectivity index (χ0) is 19.0. The van der Waals surface area contributed by atoms with Gasteiger partial charge in [0.2, 0.25) is 5.79 Å². The maximum Gasteiger partial charge on any atom is 0.473 e. The van der Waals surface area contributed by atoms with Gasteiger partial charge in [-0.3, -0.25) is 9.05 Å². The van der Waals surface area contributed by atoms with Crippen LogP contribution in [0.5, 0.6) is 0 Å². The van der Waals surface area contributed by atoms with E-state index in [1.807, 2.05) is 0 Å². The Bertz CT molecular complexity index is 504. The highest BCUT2D eigenvalue weighted by Crippen LogP contribution is 2.50. The molecule has 0 aromatic carbocycles. The van der Waals surface area contributed by atoms with E-state index in [4.69, 9.17) is 14.9 Å². The van der Waals surface area contributed by atoms with Crippen molar-refractivity contribution in [1.82, 2.24) is 0 Å². The lowest BCUT2D eigenvalue weighted by Crippen LogP contribution is -2.53. The molecule has 2 aliphatic rings. The van der Waals surface area contributed by atoms with Gasteiger partial charge in [-0.1, -0.05) is 0 Å². The minimum absolute atomic E-state index is 0.440. The van der Waals surface area contributed by atoms with Crippen LogP contribution in [0.15, 0.2) is 0 Å². The van der Waals surface area contributed by atoms with Crippen LogP contribution >= 0.6 is 7.82 Å². The second kappa shape index (κ2) is 7.78. The fourth-order valence-electron chi connectivity index (χ4n) is 2.48. The molecule has 0 spiro atoms. The van der Waals surface area contributed by atoms with E-state index in [1.54, 1.807) is 0 Å². The van der Waals surface area contributed by atoms with Crippen LogP contribution in [0.1, 0.15) is 0 Å². The van der Waals surface area contributed by atoms with Gasteiger partial charge < -0.3 is 50.1 Å². The Labute approximate surface area is 141 Å². The fourth-order valence-corrected chi connectivity index (χ4v) is 3.63. The van der Waals surface area contributed by atoms with Gasteiger partial charge in [0.15, 0.2) is 6.29 Å². The molecule has 13 nitrogen and oxygen atoms in total. The van der Waals surface area contributed by atoms with E-state index in [1.165, 1.54) is 0 Å². The molecule has 0 amide bonds. The van der Waals surface area contributed by atoms with Crippen molar-refractivity contribution in [1.29, 1.82) is 0 Å². The molecule has 0 aromatic rings. The molecule has 25 heavy (non-hydrogen) atoms. The highest BCUT2D eigenvalue weighted by atomic mass is 31.2. The molecule has 2 aliphatic heterocycles. The van der Waals surface area contributed by atoms with Crippen molar-refractivity contribution in [3.05, 3.63) is 0 Å². The highest BCUT2D eigenvalue weighted by molar-refractivity contribution is 7.47. The van der Waals surface area contributed by atoms with Crippen LogP contribution in [0.25, 0.3) is 0 Å². The lowest BCUT2D eigenvalue weighted by Gasteiger charge is -2.36. The largest absolute Gasteiger partial charge is 0.473 e. The molecule has 9 atom stereocenters. The molecule has 14 heteroatoms. The summed E-state index contributed by atoms with van der Waals surface area (Å²) in [5, 5.41) is 66.6. The first-order chi connectivity index (χ1) is 11.5. The summed E-state index contributed by atoms with van der Waals surface area (Å²) in [4.78, 5) is 9.78. The topological polar surface area (TPSA) is 216 Å². The average Bonchev–Trinajstić information content (AvgIpc) is 2.80. The van der Waals surface area contributed by atoms with Crippen LogP contribution < -0.4 is 0 Å².